The van der Waals surface area contributed by atoms with Crippen molar-refractivity contribution in [2.45, 2.75) is 13.8 Å². The molecule has 0 aromatic heterocycles. The summed E-state index contributed by atoms with van der Waals surface area (Å²) in [5, 5.41) is 0. The van der Waals surface area contributed by atoms with Crippen molar-refractivity contribution >= 4 is 11.9 Å². The van der Waals surface area contributed by atoms with Crippen molar-refractivity contribution in [1.29, 1.82) is 0 Å². The second-order valence-corrected chi connectivity index (χ2v) is 5.00. The van der Waals surface area contributed by atoms with Crippen molar-refractivity contribution in [3.8, 4) is 17.2 Å². The van der Waals surface area contributed by atoms with Gasteiger partial charge in [0.15, 0.2) is 5.76 Å². The Bertz CT molecular complexity index is 762. The smallest absolute Gasteiger partial charge is 0.231 e. The zero-order valence-corrected chi connectivity index (χ0v) is 13.2. The van der Waals surface area contributed by atoms with E-state index in [1.165, 1.54) is 0 Å². The molecule has 0 atom stereocenters. The zero-order valence-electron chi connectivity index (χ0n) is 13.2. The number of benzene rings is 2. The maximum Gasteiger partial charge on any atom is 0.231 e. The van der Waals surface area contributed by atoms with Gasteiger partial charge in [0.25, 0.3) is 0 Å². The lowest BCUT2D eigenvalue weighted by atomic mass is 10.1. The number of hydrogen-bond acceptors (Lipinski definition) is 4. The minimum absolute atomic E-state index is 0.130. The highest BCUT2D eigenvalue weighted by molar-refractivity contribution is 6.14. The summed E-state index contributed by atoms with van der Waals surface area (Å²) in [7, 11) is 0. The molecular formula is C19H18O4. The fourth-order valence-corrected chi connectivity index (χ4v) is 2.45. The van der Waals surface area contributed by atoms with E-state index in [1.807, 2.05) is 38.1 Å². The SMILES string of the molecule is CCOc1ccc2c(c1)O/C(=C\c1ccccc1OCC)C2=O. The van der Waals surface area contributed by atoms with Gasteiger partial charge >= 0.3 is 0 Å². The van der Waals surface area contributed by atoms with Crippen molar-refractivity contribution in [2.75, 3.05) is 13.2 Å². The lowest BCUT2D eigenvalue weighted by Crippen LogP contribution is -1.99. The first kappa shape index (κ1) is 15.2. The van der Waals surface area contributed by atoms with Crippen LogP contribution in [0.2, 0.25) is 0 Å². The summed E-state index contributed by atoms with van der Waals surface area (Å²) in [6.45, 7) is 4.96. The number of carbonyl (C=O) groups excluding carboxylic acids is 1. The lowest BCUT2D eigenvalue weighted by Gasteiger charge is -2.07. The summed E-state index contributed by atoms with van der Waals surface area (Å²) in [6, 6.07) is 12.8. The van der Waals surface area contributed by atoms with Crippen LogP contribution in [0.1, 0.15) is 29.8 Å². The molecule has 1 aliphatic heterocycles. The van der Waals surface area contributed by atoms with Gasteiger partial charge in [-0.1, -0.05) is 18.2 Å². The summed E-state index contributed by atoms with van der Waals surface area (Å²) < 4.78 is 16.7. The third kappa shape index (κ3) is 3.06. The number of rotatable bonds is 5. The van der Waals surface area contributed by atoms with Crippen LogP contribution in [0.25, 0.3) is 6.08 Å². The molecule has 0 spiro atoms. The fourth-order valence-electron chi connectivity index (χ4n) is 2.45. The van der Waals surface area contributed by atoms with Crippen molar-refractivity contribution < 1.29 is 19.0 Å². The molecule has 0 N–H and O–H groups in total. The summed E-state index contributed by atoms with van der Waals surface area (Å²) in [5.74, 6) is 2.11. The van der Waals surface area contributed by atoms with Crippen LogP contribution in [-0.2, 0) is 0 Å². The van der Waals surface area contributed by atoms with Gasteiger partial charge in [0.05, 0.1) is 18.8 Å². The minimum atomic E-state index is -0.130. The van der Waals surface area contributed by atoms with Crippen LogP contribution in [0.3, 0.4) is 0 Å². The van der Waals surface area contributed by atoms with Crippen LogP contribution in [0.4, 0.5) is 0 Å². The first-order chi connectivity index (χ1) is 11.2. The van der Waals surface area contributed by atoms with Gasteiger partial charge in [0, 0.05) is 11.6 Å². The standard InChI is InChI=1S/C19H18O4/c1-3-21-14-9-10-15-17(12-14)23-18(19(15)20)11-13-7-5-6-8-16(13)22-4-2/h5-12H,3-4H2,1-2H3/b18-11-. The van der Waals surface area contributed by atoms with Gasteiger partial charge in [-0.15, -0.1) is 0 Å². The molecule has 118 valence electrons. The Kier molecular flexibility index (Phi) is 4.33. The van der Waals surface area contributed by atoms with Gasteiger partial charge in [0.2, 0.25) is 5.78 Å². The number of carbonyl (C=O) groups is 1. The molecule has 3 rings (SSSR count). The normalized spacial score (nSPS) is 14.5. The second kappa shape index (κ2) is 6.57. The van der Waals surface area contributed by atoms with Crippen molar-refractivity contribution in [3.63, 3.8) is 0 Å². The molecule has 0 fully saturated rings. The van der Waals surface area contributed by atoms with E-state index >= 15 is 0 Å². The lowest BCUT2D eigenvalue weighted by molar-refractivity contribution is 0.101. The molecule has 0 saturated carbocycles. The number of hydrogen-bond donors (Lipinski definition) is 0. The van der Waals surface area contributed by atoms with Crippen LogP contribution in [0.15, 0.2) is 48.2 Å². The number of para-hydroxylation sites is 1. The van der Waals surface area contributed by atoms with E-state index in [1.54, 1.807) is 24.3 Å². The zero-order chi connectivity index (χ0) is 16.2. The summed E-state index contributed by atoms with van der Waals surface area (Å²) in [5.41, 5.74) is 1.36. The maximum absolute atomic E-state index is 12.5. The molecule has 4 nitrogen and oxygen atoms in total. The molecule has 0 saturated heterocycles. The Morgan fingerprint density at radius 3 is 2.61 bits per heavy atom. The summed E-state index contributed by atoms with van der Waals surface area (Å²) >= 11 is 0. The topological polar surface area (TPSA) is 44.8 Å². The van der Waals surface area contributed by atoms with E-state index < -0.39 is 0 Å². The molecule has 0 radical (unpaired) electrons. The molecule has 2 aromatic rings. The van der Waals surface area contributed by atoms with E-state index in [0.29, 0.717) is 36.0 Å². The number of allylic oxidation sites excluding steroid dienone is 1. The molecule has 4 heteroatoms. The number of fused-ring (bicyclic) bond motifs is 1. The summed E-state index contributed by atoms with van der Waals surface area (Å²) in [6.07, 6.45) is 1.72. The predicted octanol–water partition coefficient (Wildman–Crippen LogP) is 4.10. The first-order valence-corrected chi connectivity index (χ1v) is 7.65. The Labute approximate surface area is 135 Å². The van der Waals surface area contributed by atoms with Crippen LogP contribution in [0, 0.1) is 0 Å². The molecule has 23 heavy (non-hydrogen) atoms. The quantitative estimate of drug-likeness (QED) is 0.780. The predicted molar refractivity (Wildman–Crippen MR) is 88.2 cm³/mol. The summed E-state index contributed by atoms with van der Waals surface area (Å²) in [4.78, 5) is 12.5. The van der Waals surface area contributed by atoms with Gasteiger partial charge < -0.3 is 14.2 Å². The van der Waals surface area contributed by atoms with E-state index in [9.17, 15) is 4.79 Å². The van der Waals surface area contributed by atoms with Crippen LogP contribution in [-0.4, -0.2) is 19.0 Å². The molecule has 1 heterocycles. The average molecular weight is 310 g/mol. The minimum Gasteiger partial charge on any atom is -0.494 e. The van der Waals surface area contributed by atoms with Gasteiger partial charge in [0.1, 0.15) is 17.2 Å². The third-order valence-corrected chi connectivity index (χ3v) is 3.46. The molecule has 0 amide bonds. The monoisotopic (exact) mass is 310 g/mol. The van der Waals surface area contributed by atoms with Crippen molar-refractivity contribution in [1.82, 2.24) is 0 Å². The Balaban J connectivity index is 1.92. The molecule has 0 unspecified atom stereocenters. The molecular weight excluding hydrogens is 292 g/mol. The molecule has 0 aliphatic carbocycles. The van der Waals surface area contributed by atoms with Crippen LogP contribution < -0.4 is 14.2 Å². The van der Waals surface area contributed by atoms with Crippen LogP contribution >= 0.6 is 0 Å². The van der Waals surface area contributed by atoms with Gasteiger partial charge in [-0.05, 0) is 38.1 Å². The van der Waals surface area contributed by atoms with E-state index in [4.69, 9.17) is 14.2 Å². The highest BCUT2D eigenvalue weighted by Crippen LogP contribution is 2.35. The number of Topliss-reactive ketones (excluding diaryl/α,β-unsaturated/α-hetero) is 1. The fraction of sp³-hybridized carbons (Fsp3) is 0.211. The highest BCUT2D eigenvalue weighted by atomic mass is 16.5. The van der Waals surface area contributed by atoms with Gasteiger partial charge in [-0.2, -0.15) is 0 Å². The third-order valence-electron chi connectivity index (χ3n) is 3.46. The maximum atomic E-state index is 12.5. The van der Waals surface area contributed by atoms with Crippen molar-refractivity contribution in [2.24, 2.45) is 0 Å². The molecule has 0 bridgehead atoms. The Morgan fingerprint density at radius 2 is 1.83 bits per heavy atom. The van der Waals surface area contributed by atoms with E-state index in [0.717, 1.165) is 11.3 Å². The first-order valence-electron chi connectivity index (χ1n) is 7.65. The number of ether oxygens (including phenoxy) is 3. The van der Waals surface area contributed by atoms with E-state index in [-0.39, 0.29) is 5.78 Å². The average Bonchev–Trinajstić information content (AvgIpc) is 2.86. The number of ketones is 1. The Morgan fingerprint density at radius 1 is 1.04 bits per heavy atom. The van der Waals surface area contributed by atoms with Crippen molar-refractivity contribution in [3.05, 3.63) is 59.4 Å². The highest BCUT2D eigenvalue weighted by Gasteiger charge is 2.28. The molecule has 1 aliphatic rings. The van der Waals surface area contributed by atoms with Gasteiger partial charge in [-0.25, -0.2) is 0 Å². The molecule has 2 aromatic carbocycles. The van der Waals surface area contributed by atoms with E-state index in [2.05, 4.69) is 0 Å². The Hall–Kier alpha value is -2.75. The van der Waals surface area contributed by atoms with Gasteiger partial charge in [-0.3, -0.25) is 4.79 Å². The second-order valence-electron chi connectivity index (χ2n) is 5.00. The van der Waals surface area contributed by atoms with Crippen LogP contribution in [0.5, 0.6) is 17.2 Å². The largest absolute Gasteiger partial charge is 0.494 e.